The van der Waals surface area contributed by atoms with E-state index in [1.54, 1.807) is 0 Å². The van der Waals surface area contributed by atoms with Crippen LogP contribution < -0.4 is 0 Å². The highest BCUT2D eigenvalue weighted by Gasteiger charge is 2.28. The summed E-state index contributed by atoms with van der Waals surface area (Å²) in [5.74, 6) is 1.93. The van der Waals surface area contributed by atoms with Crippen LogP contribution in [0.1, 0.15) is 33.1 Å². The van der Waals surface area contributed by atoms with Crippen LogP contribution >= 0.6 is 0 Å². The van der Waals surface area contributed by atoms with Gasteiger partial charge in [-0.2, -0.15) is 0 Å². The summed E-state index contributed by atoms with van der Waals surface area (Å²) < 4.78 is 0. The standard InChI is InChI=1S/C9H16O/c1-7-4-3-5-9(6-10)8(7)2/h6-9H,3-5H2,1-2H3/p+1. The highest BCUT2D eigenvalue weighted by molar-refractivity contribution is 5.55. The Labute approximate surface area is 62.8 Å². The van der Waals surface area contributed by atoms with Crippen LogP contribution in [0, 0.1) is 17.8 Å². The van der Waals surface area contributed by atoms with Gasteiger partial charge in [0.2, 0.25) is 0 Å². The van der Waals surface area contributed by atoms with E-state index in [1.165, 1.54) is 25.5 Å². The summed E-state index contributed by atoms with van der Waals surface area (Å²) in [5, 5.41) is 0. The van der Waals surface area contributed by atoms with E-state index in [2.05, 4.69) is 13.8 Å². The molecule has 3 unspecified atom stereocenters. The molecule has 0 aromatic carbocycles. The third-order valence-electron chi connectivity index (χ3n) is 2.96. The van der Waals surface area contributed by atoms with Gasteiger partial charge in [0.05, 0.1) is 5.92 Å². The first kappa shape index (κ1) is 7.77. The highest BCUT2D eigenvalue weighted by atomic mass is 16.1. The molecule has 0 heterocycles. The van der Waals surface area contributed by atoms with Gasteiger partial charge in [-0.15, -0.1) is 0 Å². The first-order valence-corrected chi connectivity index (χ1v) is 4.23. The minimum absolute atomic E-state index is 0.462. The number of carbonyl (C=O) groups excluding carboxylic acids is 1. The summed E-state index contributed by atoms with van der Waals surface area (Å²) in [6, 6.07) is 0. The van der Waals surface area contributed by atoms with Gasteiger partial charge in [-0.3, -0.25) is 4.79 Å². The first-order valence-electron chi connectivity index (χ1n) is 4.23. The topological polar surface area (TPSA) is 21.4 Å². The molecule has 3 atom stereocenters. The second-order valence-corrected chi connectivity index (χ2v) is 3.58. The van der Waals surface area contributed by atoms with E-state index in [0.717, 1.165) is 5.92 Å². The molecule has 0 saturated heterocycles. The van der Waals surface area contributed by atoms with Gasteiger partial charge in [-0.05, 0) is 18.3 Å². The number of aldehydes is 1. The van der Waals surface area contributed by atoms with Crippen molar-refractivity contribution in [1.29, 1.82) is 0 Å². The Hall–Kier alpha value is -0.330. The van der Waals surface area contributed by atoms with Crippen LogP contribution in [-0.4, -0.2) is 11.1 Å². The molecule has 10 heavy (non-hydrogen) atoms. The quantitative estimate of drug-likeness (QED) is 0.394. The molecule has 1 aliphatic carbocycles. The maximum absolute atomic E-state index is 8.85. The zero-order chi connectivity index (χ0) is 7.56. The van der Waals surface area contributed by atoms with Gasteiger partial charge < -0.3 is 0 Å². The molecule has 0 aromatic heterocycles. The Morgan fingerprint density at radius 1 is 1.30 bits per heavy atom. The smallest absolute Gasteiger partial charge is 0.285 e. The Bertz CT molecular complexity index is 120. The summed E-state index contributed by atoms with van der Waals surface area (Å²) in [6.45, 7) is 4.52. The minimum atomic E-state index is 0.462. The molecule has 1 nitrogen and oxygen atoms in total. The second kappa shape index (κ2) is 3.18. The summed E-state index contributed by atoms with van der Waals surface area (Å²) >= 11 is 0. The summed E-state index contributed by atoms with van der Waals surface area (Å²) in [4.78, 5) is 8.85. The lowest BCUT2D eigenvalue weighted by Crippen LogP contribution is -2.24. The largest absolute Gasteiger partial charge is 0.287 e. The fourth-order valence-electron chi connectivity index (χ4n) is 1.83. The van der Waals surface area contributed by atoms with E-state index in [9.17, 15) is 0 Å². The third kappa shape index (κ3) is 1.39. The highest BCUT2D eigenvalue weighted by Crippen LogP contribution is 2.32. The zero-order valence-electron chi connectivity index (χ0n) is 6.88. The molecule has 1 rings (SSSR count). The van der Waals surface area contributed by atoms with Crippen molar-refractivity contribution in [3.63, 3.8) is 0 Å². The van der Waals surface area contributed by atoms with E-state index >= 15 is 0 Å². The Morgan fingerprint density at radius 3 is 2.50 bits per heavy atom. The fraction of sp³-hybridized carbons (Fsp3) is 0.889. The van der Waals surface area contributed by atoms with Crippen molar-refractivity contribution in [3.8, 4) is 0 Å². The van der Waals surface area contributed by atoms with Gasteiger partial charge in [0.1, 0.15) is 0 Å². The predicted octanol–water partition coefficient (Wildman–Crippen LogP) is 2.23. The maximum Gasteiger partial charge on any atom is 0.285 e. The van der Waals surface area contributed by atoms with E-state index in [-0.39, 0.29) is 0 Å². The number of rotatable bonds is 1. The van der Waals surface area contributed by atoms with Crippen molar-refractivity contribution < 1.29 is 4.79 Å². The maximum atomic E-state index is 8.85. The molecule has 1 N–H and O–H groups in total. The van der Waals surface area contributed by atoms with E-state index in [4.69, 9.17) is 4.79 Å². The summed E-state index contributed by atoms with van der Waals surface area (Å²) in [5.41, 5.74) is 0. The molecule has 0 aromatic rings. The van der Waals surface area contributed by atoms with Crippen LogP contribution in [0.5, 0.6) is 0 Å². The molecule has 1 heteroatoms. The fourth-order valence-corrected chi connectivity index (χ4v) is 1.83. The molecule has 0 spiro atoms. The molecule has 1 fully saturated rings. The monoisotopic (exact) mass is 141 g/mol. The van der Waals surface area contributed by atoms with Crippen molar-refractivity contribution in [2.45, 2.75) is 33.1 Å². The Balaban J connectivity index is 2.50. The van der Waals surface area contributed by atoms with E-state index < -0.39 is 0 Å². The molecule has 0 bridgehead atoms. The Morgan fingerprint density at radius 2 is 2.00 bits per heavy atom. The van der Waals surface area contributed by atoms with Crippen molar-refractivity contribution in [3.05, 3.63) is 0 Å². The lowest BCUT2D eigenvalue weighted by atomic mass is 9.75. The summed E-state index contributed by atoms with van der Waals surface area (Å²) in [6.07, 6.45) is 5.20. The van der Waals surface area contributed by atoms with Gasteiger partial charge in [0.25, 0.3) is 6.29 Å². The van der Waals surface area contributed by atoms with Gasteiger partial charge >= 0.3 is 0 Å². The van der Waals surface area contributed by atoms with E-state index in [1.807, 2.05) is 0 Å². The average Bonchev–Trinajstić information content (AvgIpc) is 1.95. The lowest BCUT2D eigenvalue weighted by Gasteiger charge is -2.28. The van der Waals surface area contributed by atoms with Gasteiger partial charge in [0, 0.05) is 0 Å². The molecule has 0 aliphatic heterocycles. The van der Waals surface area contributed by atoms with Crippen LogP contribution in [0.4, 0.5) is 0 Å². The van der Waals surface area contributed by atoms with Crippen LogP contribution in [-0.2, 0) is 0 Å². The third-order valence-corrected chi connectivity index (χ3v) is 2.96. The van der Waals surface area contributed by atoms with Crippen LogP contribution in [0.2, 0.25) is 0 Å². The molecule has 1 saturated carbocycles. The molecule has 58 valence electrons. The summed E-state index contributed by atoms with van der Waals surface area (Å²) in [7, 11) is 0. The molecule has 0 radical (unpaired) electrons. The zero-order valence-corrected chi connectivity index (χ0v) is 6.88. The SMILES string of the molecule is CC1CCCC(C=[OH+])C1C. The number of hydrogen-bond donors (Lipinski definition) is 0. The Kier molecular flexibility index (Phi) is 2.47. The van der Waals surface area contributed by atoms with Crippen molar-refractivity contribution in [2.75, 3.05) is 0 Å². The van der Waals surface area contributed by atoms with Crippen molar-refractivity contribution in [2.24, 2.45) is 17.8 Å². The van der Waals surface area contributed by atoms with Crippen LogP contribution in [0.25, 0.3) is 0 Å². The second-order valence-electron chi connectivity index (χ2n) is 3.58. The predicted molar refractivity (Wildman–Crippen MR) is 43.7 cm³/mol. The average molecular weight is 141 g/mol. The minimum Gasteiger partial charge on any atom is -0.287 e. The van der Waals surface area contributed by atoms with Crippen LogP contribution in [0.3, 0.4) is 0 Å². The van der Waals surface area contributed by atoms with Gasteiger partial charge in [-0.25, -0.2) is 0 Å². The number of hydrogen-bond acceptors (Lipinski definition) is 0. The normalized spacial score (nSPS) is 41.2. The van der Waals surface area contributed by atoms with Crippen molar-refractivity contribution in [1.82, 2.24) is 0 Å². The van der Waals surface area contributed by atoms with E-state index in [0.29, 0.717) is 11.8 Å². The van der Waals surface area contributed by atoms with Crippen LogP contribution in [0.15, 0.2) is 0 Å². The van der Waals surface area contributed by atoms with Gasteiger partial charge in [-0.1, -0.05) is 26.7 Å². The molecule has 1 aliphatic rings. The molecular formula is C9H17O+. The first-order chi connectivity index (χ1) is 4.75. The molecule has 0 amide bonds. The van der Waals surface area contributed by atoms with Crippen molar-refractivity contribution >= 4 is 6.29 Å². The lowest BCUT2D eigenvalue weighted by molar-refractivity contribution is 0.230. The molecular weight excluding hydrogens is 124 g/mol. The van der Waals surface area contributed by atoms with Gasteiger partial charge in [0.15, 0.2) is 0 Å².